The predicted octanol–water partition coefficient (Wildman–Crippen LogP) is 3.39. The Morgan fingerprint density at radius 2 is 1.92 bits per heavy atom. The van der Waals surface area contributed by atoms with Crippen molar-refractivity contribution in [3.05, 3.63) is 81.6 Å². The van der Waals surface area contributed by atoms with Crippen molar-refractivity contribution in [2.75, 3.05) is 7.05 Å². The molecule has 126 valence electrons. The van der Waals surface area contributed by atoms with E-state index in [-0.39, 0.29) is 22.9 Å². The van der Waals surface area contributed by atoms with E-state index in [1.165, 1.54) is 5.56 Å². The quantitative estimate of drug-likeness (QED) is 0.738. The van der Waals surface area contributed by atoms with Crippen molar-refractivity contribution in [1.29, 1.82) is 0 Å². The van der Waals surface area contributed by atoms with Crippen LogP contribution in [0.15, 0.2) is 59.5 Å². The first-order chi connectivity index (χ1) is 12.1. The van der Waals surface area contributed by atoms with Gasteiger partial charge >= 0.3 is 0 Å². The fourth-order valence-corrected chi connectivity index (χ4v) is 3.70. The molecule has 4 heteroatoms. The number of amides is 1. The molecule has 1 amide bonds. The molecule has 0 saturated carbocycles. The lowest BCUT2D eigenvalue weighted by Gasteiger charge is -2.19. The molecule has 0 N–H and O–H groups in total. The van der Waals surface area contributed by atoms with Gasteiger partial charge in [0.15, 0.2) is 0 Å². The van der Waals surface area contributed by atoms with Crippen molar-refractivity contribution in [2.24, 2.45) is 0 Å². The highest BCUT2D eigenvalue weighted by molar-refractivity contribution is 5.98. The SMILES string of the molecule is CC1Cc2cccc3c(=O)c(C(=O)N(C)Cc4ccccc4)cn1c23. The van der Waals surface area contributed by atoms with Crippen LogP contribution in [-0.4, -0.2) is 22.4 Å². The average Bonchev–Trinajstić information content (AvgIpc) is 2.94. The molecule has 1 atom stereocenters. The Bertz CT molecular complexity index is 1020. The number of carbonyl (C=O) groups excluding carboxylic acids is 1. The van der Waals surface area contributed by atoms with Crippen LogP contribution in [0.1, 0.15) is 34.5 Å². The van der Waals surface area contributed by atoms with Crippen LogP contribution in [0.3, 0.4) is 0 Å². The third kappa shape index (κ3) is 2.54. The van der Waals surface area contributed by atoms with Gasteiger partial charge in [-0.25, -0.2) is 0 Å². The van der Waals surface area contributed by atoms with Gasteiger partial charge in [-0.05, 0) is 30.5 Å². The minimum Gasteiger partial charge on any atom is -0.343 e. The Morgan fingerprint density at radius 1 is 1.16 bits per heavy atom. The molecular formula is C21H20N2O2. The van der Waals surface area contributed by atoms with E-state index in [1.54, 1.807) is 18.1 Å². The highest BCUT2D eigenvalue weighted by Crippen LogP contribution is 2.31. The number of aromatic nitrogens is 1. The lowest BCUT2D eigenvalue weighted by molar-refractivity contribution is 0.0783. The number of para-hydroxylation sites is 1. The van der Waals surface area contributed by atoms with Crippen molar-refractivity contribution in [3.8, 4) is 0 Å². The van der Waals surface area contributed by atoms with E-state index < -0.39 is 0 Å². The molecule has 2 aromatic carbocycles. The largest absolute Gasteiger partial charge is 0.343 e. The number of pyridine rings is 1. The third-order valence-electron chi connectivity index (χ3n) is 4.97. The second-order valence-electron chi connectivity index (χ2n) is 6.79. The molecule has 0 radical (unpaired) electrons. The summed E-state index contributed by atoms with van der Waals surface area (Å²) in [6.45, 7) is 2.60. The van der Waals surface area contributed by atoms with Gasteiger partial charge < -0.3 is 9.47 Å². The number of nitrogens with zero attached hydrogens (tertiary/aromatic N) is 2. The van der Waals surface area contributed by atoms with E-state index in [1.807, 2.05) is 42.5 Å². The average molecular weight is 332 g/mol. The standard InChI is InChI=1S/C21H20N2O2/c1-14-11-16-9-6-10-17-19(16)23(14)13-18(20(17)24)21(25)22(2)12-15-7-4-3-5-8-15/h3-10,13-14H,11-12H2,1-2H3. The van der Waals surface area contributed by atoms with E-state index in [0.717, 1.165) is 17.5 Å². The number of rotatable bonds is 3. The fourth-order valence-electron chi connectivity index (χ4n) is 3.70. The van der Waals surface area contributed by atoms with Crippen LogP contribution in [-0.2, 0) is 13.0 Å². The minimum absolute atomic E-state index is 0.174. The molecule has 1 aliphatic rings. The number of benzene rings is 2. The Kier molecular flexibility index (Phi) is 3.68. The van der Waals surface area contributed by atoms with E-state index in [4.69, 9.17) is 0 Å². The molecule has 1 aliphatic heterocycles. The molecule has 3 aromatic rings. The first-order valence-electron chi connectivity index (χ1n) is 8.52. The number of hydrogen-bond donors (Lipinski definition) is 0. The Morgan fingerprint density at radius 3 is 2.68 bits per heavy atom. The maximum absolute atomic E-state index is 12.9. The maximum Gasteiger partial charge on any atom is 0.259 e. The van der Waals surface area contributed by atoms with Gasteiger partial charge in [-0.3, -0.25) is 9.59 Å². The highest BCUT2D eigenvalue weighted by Gasteiger charge is 2.25. The van der Waals surface area contributed by atoms with Crippen molar-refractivity contribution in [2.45, 2.75) is 25.9 Å². The zero-order chi connectivity index (χ0) is 17.6. The van der Waals surface area contributed by atoms with Crippen molar-refractivity contribution >= 4 is 16.8 Å². The topological polar surface area (TPSA) is 42.3 Å². The van der Waals surface area contributed by atoms with Gasteiger partial charge in [0.1, 0.15) is 5.56 Å². The molecule has 0 bridgehead atoms. The minimum atomic E-state index is -0.232. The molecule has 1 unspecified atom stereocenters. The fraction of sp³-hybridized carbons (Fsp3) is 0.238. The first-order valence-corrected chi connectivity index (χ1v) is 8.52. The normalized spacial score (nSPS) is 15.5. The van der Waals surface area contributed by atoms with Crippen molar-refractivity contribution in [1.82, 2.24) is 9.47 Å². The summed E-state index contributed by atoms with van der Waals surface area (Å²) in [6, 6.07) is 15.8. The van der Waals surface area contributed by atoms with Gasteiger partial charge in [0.25, 0.3) is 5.91 Å². The Balaban J connectivity index is 1.76. The zero-order valence-corrected chi connectivity index (χ0v) is 14.4. The van der Waals surface area contributed by atoms with Crippen LogP contribution in [0.5, 0.6) is 0 Å². The summed E-state index contributed by atoms with van der Waals surface area (Å²) in [5, 5.41) is 0.640. The first kappa shape index (κ1) is 15.6. The Labute approximate surface area is 146 Å². The summed E-state index contributed by atoms with van der Waals surface area (Å²) in [5.41, 5.74) is 3.27. The molecule has 2 heterocycles. The monoisotopic (exact) mass is 332 g/mol. The summed E-state index contributed by atoms with van der Waals surface area (Å²) in [7, 11) is 1.74. The van der Waals surface area contributed by atoms with Gasteiger partial charge in [0.2, 0.25) is 5.43 Å². The summed E-state index contributed by atoms with van der Waals surface area (Å²) in [5.74, 6) is -0.232. The lowest BCUT2D eigenvalue weighted by Crippen LogP contribution is -2.31. The van der Waals surface area contributed by atoms with Gasteiger partial charge in [0.05, 0.1) is 5.52 Å². The summed E-state index contributed by atoms with van der Waals surface area (Å²) >= 11 is 0. The van der Waals surface area contributed by atoms with Crippen LogP contribution >= 0.6 is 0 Å². The zero-order valence-electron chi connectivity index (χ0n) is 14.4. The van der Waals surface area contributed by atoms with Gasteiger partial charge in [-0.2, -0.15) is 0 Å². The van der Waals surface area contributed by atoms with Gasteiger partial charge in [-0.15, -0.1) is 0 Å². The molecule has 0 aliphatic carbocycles. The van der Waals surface area contributed by atoms with Crippen LogP contribution < -0.4 is 5.43 Å². The second kappa shape index (κ2) is 5.88. The Hall–Kier alpha value is -2.88. The third-order valence-corrected chi connectivity index (χ3v) is 4.97. The van der Waals surface area contributed by atoms with E-state index >= 15 is 0 Å². The van der Waals surface area contributed by atoms with Crippen molar-refractivity contribution in [3.63, 3.8) is 0 Å². The van der Waals surface area contributed by atoms with Gasteiger partial charge in [0, 0.05) is 31.2 Å². The molecule has 0 fully saturated rings. The van der Waals surface area contributed by atoms with E-state index in [9.17, 15) is 9.59 Å². The molecule has 4 rings (SSSR count). The molecule has 0 spiro atoms. The van der Waals surface area contributed by atoms with Crippen LogP contribution in [0.2, 0.25) is 0 Å². The molecular weight excluding hydrogens is 312 g/mol. The summed E-state index contributed by atoms with van der Waals surface area (Å²) in [6.07, 6.45) is 2.64. The summed E-state index contributed by atoms with van der Waals surface area (Å²) in [4.78, 5) is 27.4. The van der Waals surface area contributed by atoms with Crippen LogP contribution in [0.25, 0.3) is 10.9 Å². The highest BCUT2D eigenvalue weighted by atomic mass is 16.2. The smallest absolute Gasteiger partial charge is 0.259 e. The predicted molar refractivity (Wildman–Crippen MR) is 98.9 cm³/mol. The molecule has 4 nitrogen and oxygen atoms in total. The van der Waals surface area contributed by atoms with Gasteiger partial charge in [-0.1, -0.05) is 42.5 Å². The van der Waals surface area contributed by atoms with Crippen LogP contribution in [0, 0.1) is 0 Å². The molecule has 1 aromatic heterocycles. The number of carbonyl (C=O) groups is 1. The second-order valence-corrected chi connectivity index (χ2v) is 6.79. The summed E-state index contributed by atoms with van der Waals surface area (Å²) < 4.78 is 2.08. The molecule has 0 saturated heterocycles. The van der Waals surface area contributed by atoms with E-state index in [2.05, 4.69) is 17.6 Å². The number of hydrogen-bond acceptors (Lipinski definition) is 2. The maximum atomic E-state index is 12.9. The van der Waals surface area contributed by atoms with E-state index in [0.29, 0.717) is 11.9 Å². The molecule has 25 heavy (non-hydrogen) atoms. The van der Waals surface area contributed by atoms with Crippen molar-refractivity contribution < 1.29 is 4.79 Å². The van der Waals surface area contributed by atoms with Crippen LogP contribution in [0.4, 0.5) is 0 Å². The lowest BCUT2D eigenvalue weighted by atomic mass is 10.1.